The van der Waals surface area contributed by atoms with Gasteiger partial charge in [-0.3, -0.25) is 0 Å². The average molecular weight is 252 g/mol. The molecule has 1 aromatic heterocycles. The number of aromatic nitrogens is 1. The maximum absolute atomic E-state index is 13.9. The number of ether oxygens (including phenoxy) is 2. The van der Waals surface area contributed by atoms with Gasteiger partial charge in [0, 0.05) is 6.07 Å². The van der Waals surface area contributed by atoms with E-state index in [1.54, 1.807) is 0 Å². The number of rotatable bonds is 1. The summed E-state index contributed by atoms with van der Waals surface area (Å²) in [7, 11) is 0. The van der Waals surface area contributed by atoms with E-state index in [4.69, 9.17) is 15.2 Å². The summed E-state index contributed by atoms with van der Waals surface area (Å²) in [5.74, 6) is -1.27. The van der Waals surface area contributed by atoms with Crippen LogP contribution >= 0.6 is 0 Å². The summed E-state index contributed by atoms with van der Waals surface area (Å²) in [6.45, 7) is 0.553. The Bertz CT molecular complexity index is 611. The van der Waals surface area contributed by atoms with E-state index in [9.17, 15) is 9.50 Å². The van der Waals surface area contributed by atoms with Crippen LogP contribution in [-0.2, 0) is 0 Å². The number of phenolic OH excluding ortho intramolecular Hbond substituents is 1. The average Bonchev–Trinajstić information content (AvgIpc) is 2.80. The van der Waals surface area contributed by atoms with E-state index < -0.39 is 11.6 Å². The molecule has 1 aromatic carbocycles. The van der Waals surface area contributed by atoms with Crippen LogP contribution < -0.4 is 15.2 Å². The molecule has 0 saturated heterocycles. The molecule has 0 spiro atoms. The normalized spacial score (nSPS) is 13.6. The minimum Gasteiger partial charge on any atom is -0.504 e. The molecule has 0 fully saturated rings. The monoisotopic (exact) mass is 252 g/mol. The van der Waals surface area contributed by atoms with E-state index in [2.05, 4.69) is 9.68 Å². The Balaban J connectivity index is 2.18. The molecule has 7 heteroatoms. The fourth-order valence-electron chi connectivity index (χ4n) is 1.75. The van der Waals surface area contributed by atoms with Gasteiger partial charge in [-0.15, -0.1) is 0 Å². The molecule has 6 nitrogen and oxygen atoms in total. The van der Waals surface area contributed by atoms with E-state index in [0.717, 1.165) is 0 Å². The molecule has 2 aromatic rings. The van der Waals surface area contributed by atoms with E-state index in [-0.39, 0.29) is 35.2 Å². The van der Waals surface area contributed by atoms with Crippen LogP contribution in [0.1, 0.15) is 0 Å². The van der Waals surface area contributed by atoms with Crippen LogP contribution in [0.3, 0.4) is 0 Å². The van der Waals surface area contributed by atoms with Gasteiger partial charge in [0.05, 0.1) is 5.56 Å². The molecule has 0 bridgehead atoms. The Hall–Kier alpha value is -2.44. The fourth-order valence-corrected chi connectivity index (χ4v) is 1.75. The molecule has 3 N–H and O–H groups in total. The number of aromatic hydroxyl groups is 1. The first-order chi connectivity index (χ1) is 8.66. The van der Waals surface area contributed by atoms with Crippen molar-refractivity contribution in [3.8, 4) is 28.5 Å². The Labute approximate surface area is 101 Å². The zero-order chi connectivity index (χ0) is 12.7. The number of anilines is 1. The van der Waals surface area contributed by atoms with Gasteiger partial charge in [0.25, 0.3) is 0 Å². The van der Waals surface area contributed by atoms with Gasteiger partial charge in [0.1, 0.15) is 18.9 Å². The molecular weight excluding hydrogens is 243 g/mol. The summed E-state index contributed by atoms with van der Waals surface area (Å²) < 4.78 is 28.9. The van der Waals surface area contributed by atoms with E-state index in [1.165, 1.54) is 12.1 Å². The largest absolute Gasteiger partial charge is 0.504 e. The highest BCUT2D eigenvalue weighted by molar-refractivity contribution is 5.72. The molecule has 3 rings (SSSR count). The number of hydrogen-bond acceptors (Lipinski definition) is 6. The Kier molecular flexibility index (Phi) is 2.26. The van der Waals surface area contributed by atoms with Crippen LogP contribution in [-0.4, -0.2) is 23.5 Å². The number of nitrogen functional groups attached to an aromatic ring is 1. The second kappa shape index (κ2) is 3.80. The highest BCUT2D eigenvalue weighted by atomic mass is 19.1. The summed E-state index contributed by atoms with van der Waals surface area (Å²) in [4.78, 5) is 0. The Morgan fingerprint density at radius 1 is 1.28 bits per heavy atom. The van der Waals surface area contributed by atoms with E-state index >= 15 is 0 Å². The smallest absolute Gasteiger partial charge is 0.222 e. The van der Waals surface area contributed by atoms with Gasteiger partial charge >= 0.3 is 0 Å². The molecule has 94 valence electrons. The van der Waals surface area contributed by atoms with Crippen LogP contribution in [0.15, 0.2) is 16.7 Å². The zero-order valence-electron chi connectivity index (χ0n) is 9.14. The first-order valence-corrected chi connectivity index (χ1v) is 5.20. The van der Waals surface area contributed by atoms with Crippen molar-refractivity contribution in [3.63, 3.8) is 0 Å². The lowest BCUT2D eigenvalue weighted by molar-refractivity contribution is 0.163. The van der Waals surface area contributed by atoms with Crippen molar-refractivity contribution in [2.45, 2.75) is 0 Å². The third kappa shape index (κ3) is 1.52. The first kappa shape index (κ1) is 10.7. The number of benzene rings is 1. The van der Waals surface area contributed by atoms with Crippen LogP contribution in [0.2, 0.25) is 0 Å². The van der Waals surface area contributed by atoms with Crippen LogP contribution in [0, 0.1) is 5.82 Å². The lowest BCUT2D eigenvalue weighted by Gasteiger charge is -2.20. The number of halogens is 1. The molecule has 1 aliphatic rings. The maximum atomic E-state index is 13.9. The second-order valence-corrected chi connectivity index (χ2v) is 3.73. The molecule has 0 saturated carbocycles. The number of phenols is 1. The van der Waals surface area contributed by atoms with Gasteiger partial charge in [0.2, 0.25) is 17.5 Å². The van der Waals surface area contributed by atoms with Crippen molar-refractivity contribution in [1.82, 2.24) is 5.16 Å². The summed E-state index contributed by atoms with van der Waals surface area (Å²) in [6.07, 6.45) is 0. The molecule has 0 radical (unpaired) electrons. The van der Waals surface area contributed by atoms with Crippen molar-refractivity contribution >= 4 is 5.88 Å². The third-order valence-electron chi connectivity index (χ3n) is 2.55. The highest BCUT2D eigenvalue weighted by Gasteiger charge is 2.24. The van der Waals surface area contributed by atoms with Gasteiger partial charge in [0.15, 0.2) is 11.5 Å². The number of fused-ring (bicyclic) bond motifs is 1. The van der Waals surface area contributed by atoms with Crippen molar-refractivity contribution in [3.05, 3.63) is 17.9 Å². The van der Waals surface area contributed by atoms with E-state index in [0.29, 0.717) is 6.61 Å². The molecule has 0 unspecified atom stereocenters. The number of hydrogen-bond donors (Lipinski definition) is 2. The highest BCUT2D eigenvalue weighted by Crippen LogP contribution is 2.43. The molecule has 0 atom stereocenters. The Morgan fingerprint density at radius 3 is 2.78 bits per heavy atom. The fraction of sp³-hybridized carbons (Fsp3) is 0.182. The van der Waals surface area contributed by atoms with Crippen molar-refractivity contribution in [2.24, 2.45) is 0 Å². The second-order valence-electron chi connectivity index (χ2n) is 3.73. The first-order valence-electron chi connectivity index (χ1n) is 5.20. The SMILES string of the molecule is Nc1cc(-c2cc3c(c(F)c2O)OCCO3)no1. The van der Waals surface area contributed by atoms with Crippen LogP contribution in [0.5, 0.6) is 17.2 Å². The van der Waals surface area contributed by atoms with Gasteiger partial charge in [-0.25, -0.2) is 0 Å². The number of nitrogens with two attached hydrogens (primary N) is 1. The molecule has 0 aliphatic carbocycles. The zero-order valence-corrected chi connectivity index (χ0v) is 9.14. The van der Waals surface area contributed by atoms with Gasteiger partial charge < -0.3 is 24.8 Å². The summed E-state index contributed by atoms with van der Waals surface area (Å²) >= 11 is 0. The maximum Gasteiger partial charge on any atom is 0.222 e. The lowest BCUT2D eigenvalue weighted by atomic mass is 10.1. The van der Waals surface area contributed by atoms with Crippen molar-refractivity contribution in [1.29, 1.82) is 0 Å². The van der Waals surface area contributed by atoms with Gasteiger partial charge in [-0.1, -0.05) is 5.16 Å². The molecular formula is C11H9FN2O4. The molecule has 18 heavy (non-hydrogen) atoms. The summed E-state index contributed by atoms with van der Waals surface area (Å²) in [6, 6.07) is 2.81. The topological polar surface area (TPSA) is 90.7 Å². The van der Waals surface area contributed by atoms with E-state index in [1.807, 2.05) is 0 Å². The van der Waals surface area contributed by atoms with Crippen molar-refractivity contribution < 1.29 is 23.5 Å². The van der Waals surface area contributed by atoms with Crippen LogP contribution in [0.25, 0.3) is 11.3 Å². The van der Waals surface area contributed by atoms with Gasteiger partial charge in [-0.2, -0.15) is 4.39 Å². The Morgan fingerprint density at radius 2 is 2.06 bits per heavy atom. The minimum atomic E-state index is -0.885. The minimum absolute atomic E-state index is 0.0692. The number of nitrogens with zero attached hydrogens (tertiary/aromatic N) is 1. The predicted octanol–water partition coefficient (Wildman–Crippen LogP) is 1.54. The summed E-state index contributed by atoms with van der Waals surface area (Å²) in [5, 5.41) is 13.4. The lowest BCUT2D eigenvalue weighted by Crippen LogP contribution is -2.16. The third-order valence-corrected chi connectivity index (χ3v) is 2.55. The molecule has 0 amide bonds. The summed E-state index contributed by atoms with van der Waals surface area (Å²) in [5.41, 5.74) is 5.74. The molecule has 2 heterocycles. The van der Waals surface area contributed by atoms with Crippen LogP contribution in [0.4, 0.5) is 10.3 Å². The van der Waals surface area contributed by atoms with Gasteiger partial charge in [-0.05, 0) is 6.07 Å². The quantitative estimate of drug-likeness (QED) is 0.800. The van der Waals surface area contributed by atoms with Crippen molar-refractivity contribution in [2.75, 3.05) is 18.9 Å². The molecule has 1 aliphatic heterocycles. The standard InChI is InChI=1S/C11H9FN2O4/c12-9-10(15)5(6-4-8(13)18-14-6)3-7-11(9)17-2-1-16-7/h3-4,15H,1-2,13H2. The predicted molar refractivity (Wildman–Crippen MR) is 59.0 cm³/mol.